The maximum absolute atomic E-state index is 11.7. The van der Waals surface area contributed by atoms with Crippen LogP contribution in [0.15, 0.2) is 66.9 Å². The van der Waals surface area contributed by atoms with Crippen molar-refractivity contribution in [3.63, 3.8) is 0 Å². The third-order valence-electron chi connectivity index (χ3n) is 4.05. The molecule has 0 saturated carbocycles. The van der Waals surface area contributed by atoms with Crippen molar-refractivity contribution in [2.24, 2.45) is 0 Å². The van der Waals surface area contributed by atoms with Gasteiger partial charge in [0.25, 0.3) is 0 Å². The first-order valence-electron chi connectivity index (χ1n) is 7.87. The number of benzene rings is 2. The van der Waals surface area contributed by atoms with Gasteiger partial charge in [-0.3, -0.25) is 4.98 Å². The summed E-state index contributed by atoms with van der Waals surface area (Å²) in [7, 11) is 0. The maximum Gasteiger partial charge on any atom is 0.337 e. The molecule has 0 spiro atoms. The summed E-state index contributed by atoms with van der Waals surface area (Å²) in [4.78, 5) is 20.7. The topological polar surface area (TPSA) is 63.1 Å². The van der Waals surface area contributed by atoms with E-state index in [1.807, 2.05) is 60.7 Å². The third kappa shape index (κ3) is 2.85. The van der Waals surface area contributed by atoms with Crippen molar-refractivity contribution in [2.75, 3.05) is 0 Å². The number of carboxylic acids is 1. The number of hydrogen-bond donors (Lipinski definition) is 1. The number of nitrogens with zero attached hydrogens (tertiary/aromatic N) is 2. The van der Waals surface area contributed by atoms with Crippen molar-refractivity contribution in [3.8, 4) is 0 Å². The Labute approximate surface area is 144 Å². The van der Waals surface area contributed by atoms with E-state index in [2.05, 4.69) is 9.97 Å². The van der Waals surface area contributed by atoms with E-state index in [9.17, 15) is 9.90 Å². The van der Waals surface area contributed by atoms with E-state index in [0.29, 0.717) is 11.2 Å². The number of carboxylic acid groups (broad SMARTS) is 1. The van der Waals surface area contributed by atoms with Gasteiger partial charge in [-0.1, -0.05) is 54.6 Å². The molecule has 0 radical (unpaired) electrons. The Hall–Kier alpha value is -3.53. The van der Waals surface area contributed by atoms with Crippen LogP contribution in [0.5, 0.6) is 0 Å². The molecule has 0 bridgehead atoms. The Morgan fingerprint density at radius 2 is 1.68 bits per heavy atom. The highest BCUT2D eigenvalue weighted by Crippen LogP contribution is 2.25. The van der Waals surface area contributed by atoms with Crippen molar-refractivity contribution < 1.29 is 9.90 Å². The van der Waals surface area contributed by atoms with E-state index in [4.69, 9.17) is 0 Å². The number of aromatic carboxylic acids is 1. The summed E-state index contributed by atoms with van der Waals surface area (Å²) in [6.07, 6.45) is 5.31. The van der Waals surface area contributed by atoms with Gasteiger partial charge in [0.05, 0.1) is 22.3 Å². The van der Waals surface area contributed by atoms with Crippen molar-refractivity contribution in [3.05, 3.63) is 83.7 Å². The molecule has 0 unspecified atom stereocenters. The maximum atomic E-state index is 11.7. The highest BCUT2D eigenvalue weighted by atomic mass is 16.4. The van der Waals surface area contributed by atoms with Gasteiger partial charge >= 0.3 is 5.97 Å². The molecule has 4 heteroatoms. The third-order valence-corrected chi connectivity index (χ3v) is 4.05. The molecule has 4 aromatic rings. The van der Waals surface area contributed by atoms with E-state index in [1.165, 1.54) is 0 Å². The van der Waals surface area contributed by atoms with Gasteiger partial charge in [-0.15, -0.1) is 0 Å². The van der Waals surface area contributed by atoms with Crippen LogP contribution >= 0.6 is 0 Å². The largest absolute Gasteiger partial charge is 0.478 e. The lowest BCUT2D eigenvalue weighted by Gasteiger charge is -2.07. The van der Waals surface area contributed by atoms with Crippen LogP contribution in [-0.4, -0.2) is 21.0 Å². The highest BCUT2D eigenvalue weighted by molar-refractivity contribution is 6.06. The fourth-order valence-electron chi connectivity index (χ4n) is 2.83. The molecular weight excluding hydrogens is 312 g/mol. The normalized spacial score (nSPS) is 11.4. The number of fused-ring (bicyclic) bond motifs is 3. The van der Waals surface area contributed by atoms with Crippen molar-refractivity contribution in [1.82, 2.24) is 9.97 Å². The zero-order chi connectivity index (χ0) is 17.2. The molecule has 0 aliphatic carbocycles. The zero-order valence-electron chi connectivity index (χ0n) is 13.3. The fourth-order valence-corrected chi connectivity index (χ4v) is 2.83. The van der Waals surface area contributed by atoms with Crippen LogP contribution in [0.25, 0.3) is 34.0 Å². The Kier molecular flexibility index (Phi) is 3.71. The van der Waals surface area contributed by atoms with Crippen molar-refractivity contribution in [2.45, 2.75) is 0 Å². The standard InChI is InChI=1S/C21H14N2O2/c24-21(25)17-13-16-10-9-15-7-4-12-22-19(15)20(16)23-18(17)11-8-14-5-2-1-3-6-14/h1-13H,(H,24,25). The number of pyridine rings is 2. The second kappa shape index (κ2) is 6.17. The molecule has 0 amide bonds. The molecular formula is C21H14N2O2. The predicted octanol–water partition coefficient (Wildman–Crippen LogP) is 4.65. The molecule has 0 aliphatic heterocycles. The average molecular weight is 326 g/mol. The number of rotatable bonds is 3. The van der Waals surface area contributed by atoms with Gasteiger partial charge in [-0.25, -0.2) is 9.78 Å². The molecule has 25 heavy (non-hydrogen) atoms. The highest BCUT2D eigenvalue weighted by Gasteiger charge is 2.13. The van der Waals surface area contributed by atoms with Gasteiger partial charge in [0, 0.05) is 17.0 Å². The average Bonchev–Trinajstić information content (AvgIpc) is 2.66. The minimum absolute atomic E-state index is 0.176. The summed E-state index contributed by atoms with van der Waals surface area (Å²) in [5.74, 6) is -0.997. The van der Waals surface area contributed by atoms with Gasteiger partial charge < -0.3 is 5.11 Å². The first-order valence-corrected chi connectivity index (χ1v) is 7.87. The lowest BCUT2D eigenvalue weighted by molar-refractivity contribution is 0.0696. The second-order valence-corrected chi connectivity index (χ2v) is 5.68. The Balaban J connectivity index is 1.94. The summed E-state index contributed by atoms with van der Waals surface area (Å²) in [6, 6.07) is 19.0. The van der Waals surface area contributed by atoms with E-state index in [1.54, 1.807) is 18.3 Å². The van der Waals surface area contributed by atoms with E-state index in [-0.39, 0.29) is 5.56 Å². The molecule has 0 atom stereocenters. The van der Waals surface area contributed by atoms with Crippen molar-refractivity contribution >= 4 is 39.9 Å². The van der Waals surface area contributed by atoms with Gasteiger partial charge in [0.15, 0.2) is 0 Å². The van der Waals surface area contributed by atoms with Gasteiger partial charge in [-0.05, 0) is 23.8 Å². The quantitative estimate of drug-likeness (QED) is 0.557. The minimum Gasteiger partial charge on any atom is -0.478 e. The smallest absolute Gasteiger partial charge is 0.337 e. The zero-order valence-corrected chi connectivity index (χ0v) is 13.3. The van der Waals surface area contributed by atoms with Crippen LogP contribution in [-0.2, 0) is 0 Å². The van der Waals surface area contributed by atoms with Crippen molar-refractivity contribution in [1.29, 1.82) is 0 Å². The molecule has 2 aromatic heterocycles. The minimum atomic E-state index is -0.997. The fraction of sp³-hybridized carbons (Fsp3) is 0. The molecule has 4 rings (SSSR count). The lowest BCUT2D eigenvalue weighted by Crippen LogP contribution is -2.02. The predicted molar refractivity (Wildman–Crippen MR) is 99.4 cm³/mol. The molecule has 2 heterocycles. The number of aromatic nitrogens is 2. The summed E-state index contributed by atoms with van der Waals surface area (Å²) in [5.41, 5.74) is 3.05. The van der Waals surface area contributed by atoms with E-state index in [0.717, 1.165) is 21.9 Å². The summed E-state index contributed by atoms with van der Waals surface area (Å²) in [6.45, 7) is 0. The molecule has 120 valence electrons. The van der Waals surface area contributed by atoms with Crippen LogP contribution < -0.4 is 0 Å². The van der Waals surface area contributed by atoms with Crippen LogP contribution in [0, 0.1) is 0 Å². The Bertz CT molecular complexity index is 1120. The summed E-state index contributed by atoms with van der Waals surface area (Å²) < 4.78 is 0. The lowest BCUT2D eigenvalue weighted by atomic mass is 10.1. The monoisotopic (exact) mass is 326 g/mol. The van der Waals surface area contributed by atoms with Crippen LogP contribution in [0.4, 0.5) is 0 Å². The van der Waals surface area contributed by atoms with E-state index < -0.39 is 5.97 Å². The van der Waals surface area contributed by atoms with Gasteiger partial charge in [-0.2, -0.15) is 0 Å². The molecule has 0 aliphatic rings. The molecule has 1 N–H and O–H groups in total. The first-order chi connectivity index (χ1) is 12.2. The Morgan fingerprint density at radius 3 is 2.48 bits per heavy atom. The SMILES string of the molecule is O=C(O)c1cc2ccc3cccnc3c2nc1C=Cc1ccccc1. The summed E-state index contributed by atoms with van der Waals surface area (Å²) in [5, 5.41) is 11.3. The molecule has 2 aromatic carbocycles. The summed E-state index contributed by atoms with van der Waals surface area (Å²) >= 11 is 0. The number of carbonyl (C=O) groups is 1. The van der Waals surface area contributed by atoms with Gasteiger partial charge in [0.2, 0.25) is 0 Å². The van der Waals surface area contributed by atoms with E-state index >= 15 is 0 Å². The van der Waals surface area contributed by atoms with Crippen LogP contribution in [0.3, 0.4) is 0 Å². The Morgan fingerprint density at radius 1 is 0.880 bits per heavy atom. The molecule has 4 nitrogen and oxygen atoms in total. The van der Waals surface area contributed by atoms with Crippen LogP contribution in [0.2, 0.25) is 0 Å². The first kappa shape index (κ1) is 15.0. The number of hydrogen-bond acceptors (Lipinski definition) is 3. The molecule has 0 saturated heterocycles. The second-order valence-electron chi connectivity index (χ2n) is 5.68. The molecule has 0 fully saturated rings. The van der Waals surface area contributed by atoms with Crippen LogP contribution in [0.1, 0.15) is 21.6 Å². The van der Waals surface area contributed by atoms with Gasteiger partial charge in [0.1, 0.15) is 0 Å².